The van der Waals surface area contributed by atoms with E-state index in [4.69, 9.17) is 17.3 Å². The number of nitrogens with zero attached hydrogens (tertiary/aromatic N) is 3. The van der Waals surface area contributed by atoms with Gasteiger partial charge in [-0.1, -0.05) is 17.7 Å². The summed E-state index contributed by atoms with van der Waals surface area (Å²) in [4.78, 5) is 8.89. The number of hydrogen-bond donors (Lipinski definition) is 1. The van der Waals surface area contributed by atoms with Crippen LogP contribution in [0.1, 0.15) is 0 Å². The van der Waals surface area contributed by atoms with Crippen LogP contribution in [0, 0.1) is 0 Å². The zero-order chi connectivity index (χ0) is 12.5. The standard InChI is InChI=1S/C12H11ClN4S/c13-8-2-1-3-9-11(8)18-12(16-9)10-6-17(5-4-14)7-15-10/h1-3,6-7H,4-5,14H2. The molecule has 18 heavy (non-hydrogen) atoms. The first-order chi connectivity index (χ1) is 8.78. The molecule has 0 unspecified atom stereocenters. The summed E-state index contributed by atoms with van der Waals surface area (Å²) in [5.74, 6) is 0. The Hall–Kier alpha value is -1.43. The molecule has 2 aromatic heterocycles. The fourth-order valence-electron chi connectivity index (χ4n) is 1.77. The SMILES string of the molecule is NCCn1cnc(-c2nc3cccc(Cl)c3s2)c1. The number of fused-ring (bicyclic) bond motifs is 1. The summed E-state index contributed by atoms with van der Waals surface area (Å²) in [5, 5.41) is 1.62. The van der Waals surface area contributed by atoms with Crippen LogP contribution in [0.4, 0.5) is 0 Å². The molecule has 3 rings (SSSR count). The van der Waals surface area contributed by atoms with E-state index < -0.39 is 0 Å². The number of thiazole rings is 1. The molecule has 6 heteroatoms. The monoisotopic (exact) mass is 278 g/mol. The summed E-state index contributed by atoms with van der Waals surface area (Å²) < 4.78 is 2.96. The topological polar surface area (TPSA) is 56.7 Å². The molecule has 2 N–H and O–H groups in total. The van der Waals surface area contributed by atoms with Gasteiger partial charge < -0.3 is 10.3 Å². The summed E-state index contributed by atoms with van der Waals surface area (Å²) in [6, 6.07) is 5.73. The average molecular weight is 279 g/mol. The number of hydrogen-bond acceptors (Lipinski definition) is 4. The third-order valence-electron chi connectivity index (χ3n) is 2.61. The normalized spacial score (nSPS) is 11.2. The Morgan fingerprint density at radius 2 is 2.28 bits per heavy atom. The van der Waals surface area contributed by atoms with Crippen molar-refractivity contribution in [2.45, 2.75) is 6.54 Å². The average Bonchev–Trinajstić information content (AvgIpc) is 2.96. The third-order valence-corrected chi connectivity index (χ3v) is 4.16. The fraction of sp³-hybridized carbons (Fsp3) is 0.167. The maximum atomic E-state index is 6.14. The van der Waals surface area contributed by atoms with Crippen LogP contribution in [0.2, 0.25) is 5.02 Å². The molecular formula is C12H11ClN4S. The van der Waals surface area contributed by atoms with Gasteiger partial charge in [-0.3, -0.25) is 0 Å². The largest absolute Gasteiger partial charge is 0.335 e. The van der Waals surface area contributed by atoms with Crippen molar-refractivity contribution in [3.63, 3.8) is 0 Å². The lowest BCUT2D eigenvalue weighted by molar-refractivity contribution is 0.708. The van der Waals surface area contributed by atoms with Crippen molar-refractivity contribution in [1.82, 2.24) is 14.5 Å². The lowest BCUT2D eigenvalue weighted by Gasteiger charge is -1.94. The minimum absolute atomic E-state index is 0.599. The minimum Gasteiger partial charge on any atom is -0.335 e. The van der Waals surface area contributed by atoms with Gasteiger partial charge in [-0.05, 0) is 12.1 Å². The summed E-state index contributed by atoms with van der Waals surface area (Å²) in [7, 11) is 0. The highest BCUT2D eigenvalue weighted by Gasteiger charge is 2.10. The number of rotatable bonds is 3. The molecule has 0 amide bonds. The molecule has 0 radical (unpaired) electrons. The van der Waals surface area contributed by atoms with Gasteiger partial charge in [0.25, 0.3) is 0 Å². The number of benzene rings is 1. The first-order valence-electron chi connectivity index (χ1n) is 5.55. The highest BCUT2D eigenvalue weighted by Crippen LogP contribution is 2.33. The molecule has 0 fully saturated rings. The predicted molar refractivity (Wildman–Crippen MR) is 74.9 cm³/mol. The van der Waals surface area contributed by atoms with Gasteiger partial charge in [0.1, 0.15) is 10.7 Å². The van der Waals surface area contributed by atoms with Gasteiger partial charge in [0.2, 0.25) is 0 Å². The molecule has 1 aromatic carbocycles. The molecule has 0 aliphatic heterocycles. The molecule has 0 aliphatic rings. The van der Waals surface area contributed by atoms with Gasteiger partial charge in [-0.25, -0.2) is 9.97 Å². The van der Waals surface area contributed by atoms with Gasteiger partial charge in [0.15, 0.2) is 0 Å². The molecular weight excluding hydrogens is 268 g/mol. The van der Waals surface area contributed by atoms with Crippen LogP contribution in [-0.4, -0.2) is 21.1 Å². The zero-order valence-electron chi connectivity index (χ0n) is 9.51. The summed E-state index contributed by atoms with van der Waals surface area (Å²) in [6.45, 7) is 1.36. The van der Waals surface area contributed by atoms with Crippen molar-refractivity contribution in [3.05, 3.63) is 35.7 Å². The Bertz CT molecular complexity index is 688. The Morgan fingerprint density at radius 3 is 3.06 bits per heavy atom. The molecule has 0 atom stereocenters. The Balaban J connectivity index is 2.05. The van der Waals surface area contributed by atoms with Gasteiger partial charge in [-0.15, -0.1) is 11.3 Å². The van der Waals surface area contributed by atoms with Crippen LogP contribution >= 0.6 is 22.9 Å². The molecule has 2 heterocycles. The van der Waals surface area contributed by atoms with Gasteiger partial charge >= 0.3 is 0 Å². The Labute approximate surface area is 113 Å². The van der Waals surface area contributed by atoms with E-state index in [0.717, 1.165) is 32.5 Å². The van der Waals surface area contributed by atoms with Crippen molar-refractivity contribution in [3.8, 4) is 10.7 Å². The van der Waals surface area contributed by atoms with Crippen molar-refractivity contribution < 1.29 is 0 Å². The maximum absolute atomic E-state index is 6.14. The molecule has 0 saturated heterocycles. The number of aromatic nitrogens is 3. The second-order valence-electron chi connectivity index (χ2n) is 3.89. The van der Waals surface area contributed by atoms with E-state index in [-0.39, 0.29) is 0 Å². The van der Waals surface area contributed by atoms with Crippen molar-refractivity contribution in [2.75, 3.05) is 6.54 Å². The smallest absolute Gasteiger partial charge is 0.144 e. The van der Waals surface area contributed by atoms with E-state index in [0.29, 0.717) is 6.54 Å². The highest BCUT2D eigenvalue weighted by atomic mass is 35.5. The van der Waals surface area contributed by atoms with Gasteiger partial charge in [-0.2, -0.15) is 0 Å². The van der Waals surface area contributed by atoms with Gasteiger partial charge in [0.05, 0.1) is 21.6 Å². The van der Waals surface area contributed by atoms with Gasteiger partial charge in [0, 0.05) is 19.3 Å². The lowest BCUT2D eigenvalue weighted by atomic mass is 10.3. The first-order valence-corrected chi connectivity index (χ1v) is 6.74. The minimum atomic E-state index is 0.599. The molecule has 92 valence electrons. The first kappa shape index (κ1) is 11.6. The summed E-state index contributed by atoms with van der Waals surface area (Å²) >= 11 is 7.70. The van der Waals surface area contributed by atoms with Crippen LogP contribution in [0.3, 0.4) is 0 Å². The van der Waals surface area contributed by atoms with Crippen LogP contribution in [0.15, 0.2) is 30.7 Å². The molecule has 3 aromatic rings. The molecule has 0 aliphatic carbocycles. The van der Waals surface area contributed by atoms with E-state index in [1.165, 1.54) is 0 Å². The van der Waals surface area contributed by atoms with Crippen LogP contribution in [0.5, 0.6) is 0 Å². The van der Waals surface area contributed by atoms with E-state index >= 15 is 0 Å². The van der Waals surface area contributed by atoms with E-state index in [9.17, 15) is 0 Å². The van der Waals surface area contributed by atoms with E-state index in [2.05, 4.69) is 9.97 Å². The molecule has 0 bridgehead atoms. The van der Waals surface area contributed by atoms with Crippen molar-refractivity contribution >= 4 is 33.2 Å². The second kappa shape index (κ2) is 4.68. The highest BCUT2D eigenvalue weighted by molar-refractivity contribution is 7.22. The Kier molecular flexibility index (Phi) is 3.03. The van der Waals surface area contributed by atoms with Crippen LogP contribution in [-0.2, 0) is 6.54 Å². The van der Waals surface area contributed by atoms with E-state index in [1.54, 1.807) is 17.7 Å². The Morgan fingerprint density at radius 1 is 1.39 bits per heavy atom. The predicted octanol–water partition coefficient (Wildman–Crippen LogP) is 2.77. The van der Waals surface area contributed by atoms with E-state index in [1.807, 2.05) is 29.0 Å². The maximum Gasteiger partial charge on any atom is 0.144 e. The lowest BCUT2D eigenvalue weighted by Crippen LogP contribution is -2.07. The number of imidazole rings is 1. The van der Waals surface area contributed by atoms with Crippen LogP contribution < -0.4 is 5.73 Å². The number of halogens is 1. The van der Waals surface area contributed by atoms with Crippen molar-refractivity contribution in [1.29, 1.82) is 0 Å². The third kappa shape index (κ3) is 2.01. The van der Waals surface area contributed by atoms with Crippen LogP contribution in [0.25, 0.3) is 20.9 Å². The summed E-state index contributed by atoms with van der Waals surface area (Å²) in [5.41, 5.74) is 7.29. The fourth-order valence-corrected chi connectivity index (χ4v) is 2.98. The molecule has 0 spiro atoms. The molecule has 4 nitrogen and oxygen atoms in total. The second-order valence-corrected chi connectivity index (χ2v) is 5.30. The number of nitrogens with two attached hydrogens (primary N) is 1. The van der Waals surface area contributed by atoms with Crippen molar-refractivity contribution in [2.24, 2.45) is 5.73 Å². The summed E-state index contributed by atoms with van der Waals surface area (Å²) in [6.07, 6.45) is 3.73. The zero-order valence-corrected chi connectivity index (χ0v) is 11.1. The quantitative estimate of drug-likeness (QED) is 0.801. The molecule has 0 saturated carbocycles.